The van der Waals surface area contributed by atoms with E-state index in [0.717, 1.165) is 22.9 Å². The number of hydrogen-bond acceptors (Lipinski definition) is 8. The lowest BCUT2D eigenvalue weighted by Gasteiger charge is -2.18. The number of thioether (sulfide) groups is 1. The third kappa shape index (κ3) is 8.30. The lowest BCUT2D eigenvalue weighted by Crippen LogP contribution is -2.49. The summed E-state index contributed by atoms with van der Waals surface area (Å²) in [5, 5.41) is 42.0. The Morgan fingerprint density at radius 1 is 0.971 bits per heavy atom. The Morgan fingerprint density at radius 2 is 1.62 bits per heavy atom. The van der Waals surface area contributed by atoms with E-state index in [1.54, 1.807) is 24.3 Å². The minimum Gasteiger partial charge on any atom is -0.508 e. The molecule has 0 spiro atoms. The molecule has 2 aromatic rings. The topological polar surface area (TPSA) is 199 Å². The number of nitrogens with one attached hydrogen (secondary N) is 2. The minimum absolute atomic E-state index is 0.0469. The number of carbonyl (C=O) groups excluding carboxylic acids is 2. The van der Waals surface area contributed by atoms with Gasteiger partial charge in [0.25, 0.3) is 0 Å². The molecular formula is C22H25N3O8S. The van der Waals surface area contributed by atoms with Gasteiger partial charge in [0.2, 0.25) is 11.8 Å². The highest BCUT2D eigenvalue weighted by Gasteiger charge is 2.23. The van der Waals surface area contributed by atoms with E-state index in [-0.39, 0.29) is 30.1 Å². The Kier molecular flexibility index (Phi) is 9.71. The van der Waals surface area contributed by atoms with E-state index >= 15 is 0 Å². The number of amides is 2. The number of benzene rings is 2. The van der Waals surface area contributed by atoms with E-state index in [2.05, 4.69) is 10.6 Å². The monoisotopic (exact) mass is 491 g/mol. The molecule has 0 aromatic heterocycles. The number of aromatic hydroxyl groups is 2. The molecular weight excluding hydrogens is 466 g/mol. The Morgan fingerprint density at radius 3 is 2.24 bits per heavy atom. The number of carboxylic acid groups (broad SMARTS) is 2. The zero-order valence-electron chi connectivity index (χ0n) is 17.9. The van der Waals surface area contributed by atoms with Gasteiger partial charge in [-0.3, -0.25) is 19.2 Å². The summed E-state index contributed by atoms with van der Waals surface area (Å²) in [5.74, 6) is -3.91. The first-order valence-corrected chi connectivity index (χ1v) is 11.1. The van der Waals surface area contributed by atoms with Crippen LogP contribution in [-0.2, 0) is 19.2 Å². The summed E-state index contributed by atoms with van der Waals surface area (Å²) in [4.78, 5) is 46.7. The van der Waals surface area contributed by atoms with Crippen LogP contribution < -0.4 is 16.4 Å². The highest BCUT2D eigenvalue weighted by atomic mass is 32.2. The highest BCUT2D eigenvalue weighted by Crippen LogP contribution is 2.33. The first-order chi connectivity index (χ1) is 16.1. The van der Waals surface area contributed by atoms with Crippen LogP contribution in [0.4, 0.5) is 0 Å². The molecule has 0 saturated heterocycles. The molecule has 0 aliphatic heterocycles. The average Bonchev–Trinajstić information content (AvgIpc) is 2.79. The van der Waals surface area contributed by atoms with Gasteiger partial charge in [-0.25, -0.2) is 0 Å². The van der Waals surface area contributed by atoms with Gasteiger partial charge >= 0.3 is 11.9 Å². The Bertz CT molecular complexity index is 1040. The van der Waals surface area contributed by atoms with Crippen molar-refractivity contribution >= 4 is 35.5 Å². The predicted octanol–water partition coefficient (Wildman–Crippen LogP) is 0.735. The van der Waals surface area contributed by atoms with E-state index in [9.17, 15) is 29.4 Å². The molecule has 0 unspecified atom stereocenters. The van der Waals surface area contributed by atoms with E-state index in [0.29, 0.717) is 4.90 Å². The van der Waals surface area contributed by atoms with Crippen molar-refractivity contribution < 1.29 is 39.6 Å². The highest BCUT2D eigenvalue weighted by molar-refractivity contribution is 7.99. The van der Waals surface area contributed by atoms with Crippen molar-refractivity contribution in [1.82, 2.24) is 10.6 Å². The number of phenolic OH excluding ortho intramolecular Hbond substituents is 2. The van der Waals surface area contributed by atoms with Gasteiger partial charge in [-0.15, -0.1) is 11.8 Å². The third-order valence-corrected chi connectivity index (χ3v) is 5.77. The van der Waals surface area contributed by atoms with Crippen molar-refractivity contribution in [2.24, 2.45) is 5.73 Å². The van der Waals surface area contributed by atoms with Crippen LogP contribution in [0.25, 0.3) is 11.1 Å². The molecule has 0 fully saturated rings. The standard InChI is InChI=1S/C22H25N3O8S/c23-15(22(32)33)6-8-19(28)25-16(21(31)24-10-20(29)30)11-34-18-9-13(3-7-17(18)27)12-1-4-14(26)5-2-12/h1-5,7,9,15-16,26-27H,6,8,10-11,23H2,(H,24,31)(H,25,28)(H,29,30)(H,32,33)/t15-,16+/m1/s1. The van der Waals surface area contributed by atoms with Crippen molar-refractivity contribution in [2.45, 2.75) is 29.8 Å². The summed E-state index contributed by atoms with van der Waals surface area (Å²) in [6, 6.07) is 8.85. The zero-order valence-corrected chi connectivity index (χ0v) is 18.7. The molecule has 0 bridgehead atoms. The molecule has 182 valence electrons. The largest absolute Gasteiger partial charge is 0.508 e. The predicted molar refractivity (Wildman–Crippen MR) is 123 cm³/mol. The van der Waals surface area contributed by atoms with Crippen LogP contribution >= 0.6 is 11.8 Å². The minimum atomic E-state index is -1.27. The van der Waals surface area contributed by atoms with Crippen molar-refractivity contribution in [2.75, 3.05) is 12.3 Å². The van der Waals surface area contributed by atoms with Crippen LogP contribution in [0.3, 0.4) is 0 Å². The maximum Gasteiger partial charge on any atom is 0.322 e. The van der Waals surface area contributed by atoms with Crippen LogP contribution in [0.15, 0.2) is 47.4 Å². The van der Waals surface area contributed by atoms with Gasteiger partial charge in [-0.1, -0.05) is 18.2 Å². The molecule has 2 aromatic carbocycles. The fourth-order valence-corrected chi connectivity index (χ4v) is 3.79. The van der Waals surface area contributed by atoms with Gasteiger partial charge in [0.15, 0.2) is 0 Å². The number of aliphatic carboxylic acids is 2. The number of nitrogens with two attached hydrogens (primary N) is 1. The second kappa shape index (κ2) is 12.5. The van der Waals surface area contributed by atoms with Gasteiger partial charge < -0.3 is 36.8 Å². The van der Waals surface area contributed by atoms with E-state index in [4.69, 9.17) is 15.9 Å². The summed E-state index contributed by atoms with van der Waals surface area (Å²) in [6.07, 6.45) is -0.393. The summed E-state index contributed by atoms with van der Waals surface area (Å²) >= 11 is 1.06. The first-order valence-electron chi connectivity index (χ1n) is 10.1. The first kappa shape index (κ1) is 26.5. The fourth-order valence-electron chi connectivity index (χ4n) is 2.78. The summed E-state index contributed by atoms with van der Waals surface area (Å²) < 4.78 is 0. The second-order valence-corrected chi connectivity index (χ2v) is 8.32. The average molecular weight is 492 g/mol. The number of hydrogen-bond donors (Lipinski definition) is 7. The van der Waals surface area contributed by atoms with E-state index < -0.39 is 42.4 Å². The summed E-state index contributed by atoms with van der Waals surface area (Å²) in [7, 11) is 0. The van der Waals surface area contributed by atoms with Crippen molar-refractivity contribution in [3.63, 3.8) is 0 Å². The summed E-state index contributed by atoms with van der Waals surface area (Å²) in [6.45, 7) is -0.651. The Hall–Kier alpha value is -3.77. The molecule has 0 radical (unpaired) electrons. The molecule has 2 amide bonds. The van der Waals surface area contributed by atoms with E-state index in [1.165, 1.54) is 18.2 Å². The van der Waals surface area contributed by atoms with Gasteiger partial charge in [-0.2, -0.15) is 0 Å². The molecule has 0 saturated carbocycles. The molecule has 0 heterocycles. The van der Waals surface area contributed by atoms with Gasteiger partial charge in [-0.05, 0) is 41.8 Å². The van der Waals surface area contributed by atoms with Gasteiger partial charge in [0.1, 0.15) is 30.1 Å². The molecule has 0 aliphatic carbocycles. The number of carboxylic acids is 2. The van der Waals surface area contributed by atoms with Crippen LogP contribution in [0.1, 0.15) is 12.8 Å². The van der Waals surface area contributed by atoms with Crippen molar-refractivity contribution in [3.05, 3.63) is 42.5 Å². The summed E-state index contributed by atoms with van der Waals surface area (Å²) in [5.41, 5.74) is 6.90. The van der Waals surface area contributed by atoms with Crippen LogP contribution in [-0.4, -0.2) is 68.6 Å². The molecule has 0 aliphatic rings. The molecule has 8 N–H and O–H groups in total. The molecule has 34 heavy (non-hydrogen) atoms. The third-order valence-electron chi connectivity index (χ3n) is 4.63. The van der Waals surface area contributed by atoms with Crippen molar-refractivity contribution in [1.29, 1.82) is 0 Å². The van der Waals surface area contributed by atoms with Gasteiger partial charge in [0, 0.05) is 17.1 Å². The Balaban J connectivity index is 2.12. The number of rotatable bonds is 12. The zero-order chi connectivity index (χ0) is 25.3. The molecule has 12 heteroatoms. The number of phenols is 2. The van der Waals surface area contributed by atoms with E-state index in [1.807, 2.05) is 0 Å². The quantitative estimate of drug-likeness (QED) is 0.208. The van der Waals surface area contributed by atoms with Crippen molar-refractivity contribution in [3.8, 4) is 22.6 Å². The van der Waals surface area contributed by atoms with Crippen LogP contribution in [0, 0.1) is 0 Å². The van der Waals surface area contributed by atoms with Crippen LogP contribution in [0.2, 0.25) is 0 Å². The molecule has 2 atom stereocenters. The maximum atomic E-state index is 12.4. The SMILES string of the molecule is N[C@H](CCC(=O)N[C@@H](CSc1cc(-c2ccc(O)cc2)ccc1O)C(=O)NCC(=O)O)C(=O)O. The molecule has 11 nitrogen and oxygen atoms in total. The number of carbonyl (C=O) groups is 4. The lowest BCUT2D eigenvalue weighted by atomic mass is 10.1. The fraction of sp³-hybridized carbons (Fsp3) is 0.273. The van der Waals surface area contributed by atoms with Crippen LogP contribution in [0.5, 0.6) is 11.5 Å². The second-order valence-electron chi connectivity index (χ2n) is 7.26. The van der Waals surface area contributed by atoms with Gasteiger partial charge in [0.05, 0.1) is 0 Å². The lowest BCUT2D eigenvalue weighted by molar-refractivity contribution is -0.139. The Labute approximate surface area is 199 Å². The maximum absolute atomic E-state index is 12.4. The molecule has 2 rings (SSSR count). The normalized spacial score (nSPS) is 12.4. The smallest absolute Gasteiger partial charge is 0.322 e.